The maximum Gasteiger partial charge on any atom is 0.0667 e. The summed E-state index contributed by atoms with van der Waals surface area (Å²) in [6.45, 7) is 13.0. The first-order valence-electron chi connectivity index (χ1n) is 7.37. The number of nitrogens with one attached hydrogen (secondary N) is 1. The van der Waals surface area contributed by atoms with Gasteiger partial charge < -0.3 is 10.4 Å². The molecule has 0 bridgehead atoms. The molecule has 0 amide bonds. The highest BCUT2D eigenvalue weighted by Crippen LogP contribution is 2.13. The lowest BCUT2D eigenvalue weighted by atomic mass is 10.1. The topological polar surface area (TPSA) is 50.1 Å². The summed E-state index contributed by atoms with van der Waals surface area (Å²) < 4.78 is 2.08. The quantitative estimate of drug-likeness (QED) is 0.760. The molecule has 0 aromatic carbocycles. The summed E-state index contributed by atoms with van der Waals surface area (Å²) in [7, 11) is 0. The van der Waals surface area contributed by atoms with Crippen LogP contribution in [-0.2, 0) is 13.1 Å². The van der Waals surface area contributed by atoms with E-state index in [1.54, 1.807) is 0 Å². The number of hydrogen-bond donors (Lipinski definition) is 2. The average Bonchev–Trinajstić information content (AvgIpc) is 2.56. The molecule has 1 unspecified atom stereocenters. The molecule has 1 aromatic heterocycles. The smallest absolute Gasteiger partial charge is 0.0667 e. The van der Waals surface area contributed by atoms with Crippen LogP contribution in [0.4, 0.5) is 0 Å². The van der Waals surface area contributed by atoms with E-state index in [9.17, 15) is 5.11 Å². The van der Waals surface area contributed by atoms with Gasteiger partial charge in [-0.2, -0.15) is 5.10 Å². The number of hydrogen-bond acceptors (Lipinski definition) is 3. The van der Waals surface area contributed by atoms with Crippen molar-refractivity contribution in [3.63, 3.8) is 0 Å². The van der Waals surface area contributed by atoms with Crippen LogP contribution >= 0.6 is 0 Å². The molecule has 0 aliphatic carbocycles. The van der Waals surface area contributed by atoms with Gasteiger partial charge in [0.2, 0.25) is 0 Å². The largest absolute Gasteiger partial charge is 0.392 e. The van der Waals surface area contributed by atoms with Gasteiger partial charge in [0.25, 0.3) is 0 Å². The van der Waals surface area contributed by atoms with Crippen molar-refractivity contribution >= 4 is 0 Å². The Bertz CT molecular complexity index is 385. The van der Waals surface area contributed by atoms with Crippen LogP contribution in [0, 0.1) is 19.8 Å². The second-order valence-corrected chi connectivity index (χ2v) is 5.79. The molecule has 19 heavy (non-hydrogen) atoms. The predicted octanol–water partition coefficient (Wildman–Crippen LogP) is 2.41. The monoisotopic (exact) mass is 267 g/mol. The molecule has 0 spiro atoms. The van der Waals surface area contributed by atoms with Crippen LogP contribution in [0.1, 0.15) is 50.6 Å². The van der Waals surface area contributed by atoms with Crippen LogP contribution in [0.15, 0.2) is 0 Å². The molecular weight excluding hydrogens is 238 g/mol. The van der Waals surface area contributed by atoms with Gasteiger partial charge in [-0.05, 0) is 32.6 Å². The number of nitrogens with zero attached hydrogens (tertiary/aromatic N) is 2. The zero-order valence-electron chi connectivity index (χ0n) is 13.0. The van der Waals surface area contributed by atoms with Gasteiger partial charge in [-0.15, -0.1) is 0 Å². The van der Waals surface area contributed by atoms with Crippen molar-refractivity contribution in [3.8, 4) is 0 Å². The normalized spacial score (nSPS) is 13.2. The van der Waals surface area contributed by atoms with Crippen LogP contribution in [-0.4, -0.2) is 27.5 Å². The van der Waals surface area contributed by atoms with Crippen molar-refractivity contribution in [2.75, 3.05) is 6.54 Å². The van der Waals surface area contributed by atoms with Crippen molar-refractivity contribution < 1.29 is 5.11 Å². The second-order valence-electron chi connectivity index (χ2n) is 5.79. The van der Waals surface area contributed by atoms with E-state index in [1.807, 2.05) is 0 Å². The van der Waals surface area contributed by atoms with Gasteiger partial charge >= 0.3 is 0 Å². The van der Waals surface area contributed by atoms with Gasteiger partial charge in [0.1, 0.15) is 0 Å². The maximum absolute atomic E-state index is 9.84. The summed E-state index contributed by atoms with van der Waals surface area (Å²) >= 11 is 0. The Morgan fingerprint density at radius 1 is 1.32 bits per heavy atom. The first-order chi connectivity index (χ1) is 8.95. The highest BCUT2D eigenvalue weighted by molar-refractivity contribution is 5.24. The fourth-order valence-corrected chi connectivity index (χ4v) is 2.41. The molecule has 0 saturated carbocycles. The maximum atomic E-state index is 9.84. The Morgan fingerprint density at radius 3 is 2.58 bits per heavy atom. The number of aromatic nitrogens is 2. The van der Waals surface area contributed by atoms with Crippen LogP contribution in [0.3, 0.4) is 0 Å². The van der Waals surface area contributed by atoms with Gasteiger partial charge in [-0.25, -0.2) is 0 Å². The Balaban J connectivity index is 2.49. The van der Waals surface area contributed by atoms with E-state index in [1.165, 1.54) is 11.3 Å². The molecule has 0 radical (unpaired) electrons. The molecule has 4 nitrogen and oxygen atoms in total. The van der Waals surface area contributed by atoms with E-state index in [-0.39, 0.29) is 6.10 Å². The highest BCUT2D eigenvalue weighted by atomic mass is 16.3. The minimum absolute atomic E-state index is 0.258. The third-order valence-electron chi connectivity index (χ3n) is 3.39. The highest BCUT2D eigenvalue weighted by Gasteiger charge is 2.12. The number of rotatable bonds is 8. The van der Waals surface area contributed by atoms with Crippen LogP contribution < -0.4 is 5.32 Å². The van der Waals surface area contributed by atoms with E-state index >= 15 is 0 Å². The standard InChI is InChI=1S/C15H29N3O/c1-6-7-18-13(5)15(12(4)17-18)10-16-9-14(19)8-11(2)3/h11,14,16,19H,6-10H2,1-5H3. The molecule has 0 saturated heterocycles. The number of aryl methyl sites for hydroxylation is 2. The average molecular weight is 267 g/mol. The molecule has 1 rings (SSSR count). The molecule has 0 aliphatic rings. The van der Waals surface area contributed by atoms with Crippen molar-refractivity contribution in [2.24, 2.45) is 5.92 Å². The third-order valence-corrected chi connectivity index (χ3v) is 3.39. The number of aliphatic hydroxyl groups excluding tert-OH is 1. The van der Waals surface area contributed by atoms with Gasteiger partial charge in [-0.3, -0.25) is 4.68 Å². The summed E-state index contributed by atoms with van der Waals surface area (Å²) in [5, 5.41) is 17.7. The van der Waals surface area contributed by atoms with E-state index in [0.29, 0.717) is 12.5 Å². The zero-order valence-corrected chi connectivity index (χ0v) is 13.0. The molecular formula is C15H29N3O. The van der Waals surface area contributed by atoms with Crippen LogP contribution in [0.5, 0.6) is 0 Å². The lowest BCUT2D eigenvalue weighted by Crippen LogP contribution is -2.27. The fourth-order valence-electron chi connectivity index (χ4n) is 2.41. The minimum atomic E-state index is -0.258. The van der Waals surface area contributed by atoms with Crippen LogP contribution in [0.25, 0.3) is 0 Å². The summed E-state index contributed by atoms with van der Waals surface area (Å²) in [6.07, 6.45) is 1.69. The minimum Gasteiger partial charge on any atom is -0.392 e. The van der Waals surface area contributed by atoms with E-state index in [2.05, 4.69) is 49.7 Å². The van der Waals surface area contributed by atoms with E-state index in [0.717, 1.165) is 31.6 Å². The van der Waals surface area contributed by atoms with Crippen molar-refractivity contribution in [2.45, 2.75) is 66.7 Å². The Labute approximate surface area is 117 Å². The summed E-state index contributed by atoms with van der Waals surface area (Å²) in [5.41, 5.74) is 3.60. The van der Waals surface area contributed by atoms with Gasteiger partial charge in [0.15, 0.2) is 0 Å². The Kier molecular flexibility index (Phi) is 6.52. The van der Waals surface area contributed by atoms with Crippen molar-refractivity contribution in [1.29, 1.82) is 0 Å². The van der Waals surface area contributed by atoms with Gasteiger partial charge in [0.05, 0.1) is 11.8 Å². The summed E-state index contributed by atoms with van der Waals surface area (Å²) in [4.78, 5) is 0. The zero-order chi connectivity index (χ0) is 14.4. The van der Waals surface area contributed by atoms with Gasteiger partial charge in [-0.1, -0.05) is 20.8 Å². The lowest BCUT2D eigenvalue weighted by molar-refractivity contribution is 0.146. The Morgan fingerprint density at radius 2 is 2.00 bits per heavy atom. The second kappa shape index (κ2) is 7.65. The molecule has 0 aliphatic heterocycles. The third kappa shape index (κ3) is 4.96. The Hall–Kier alpha value is -0.870. The first kappa shape index (κ1) is 16.2. The molecule has 4 heteroatoms. The fraction of sp³-hybridized carbons (Fsp3) is 0.800. The molecule has 110 valence electrons. The molecule has 1 atom stereocenters. The molecule has 1 aromatic rings. The molecule has 2 N–H and O–H groups in total. The molecule has 1 heterocycles. The molecule has 0 fully saturated rings. The SMILES string of the molecule is CCCn1nc(C)c(CNCC(O)CC(C)C)c1C. The van der Waals surface area contributed by atoms with E-state index in [4.69, 9.17) is 0 Å². The first-order valence-corrected chi connectivity index (χ1v) is 7.37. The van der Waals surface area contributed by atoms with Gasteiger partial charge in [0, 0.05) is 30.9 Å². The number of aliphatic hydroxyl groups is 1. The summed E-state index contributed by atoms with van der Waals surface area (Å²) in [6, 6.07) is 0. The van der Waals surface area contributed by atoms with Crippen LogP contribution in [0.2, 0.25) is 0 Å². The van der Waals surface area contributed by atoms with E-state index < -0.39 is 0 Å². The van der Waals surface area contributed by atoms with Crippen molar-refractivity contribution in [3.05, 3.63) is 17.0 Å². The lowest BCUT2D eigenvalue weighted by Gasteiger charge is -2.14. The summed E-state index contributed by atoms with van der Waals surface area (Å²) in [5.74, 6) is 0.535. The van der Waals surface area contributed by atoms with Crippen molar-refractivity contribution in [1.82, 2.24) is 15.1 Å². The predicted molar refractivity (Wildman–Crippen MR) is 79.2 cm³/mol.